The summed E-state index contributed by atoms with van der Waals surface area (Å²) in [6.07, 6.45) is 4.60. The van der Waals surface area contributed by atoms with Crippen LogP contribution in [0.15, 0.2) is 24.8 Å². The van der Waals surface area contributed by atoms with E-state index in [1.54, 1.807) is 23.0 Å². The normalized spacial score (nSPS) is 10.4. The van der Waals surface area contributed by atoms with Crippen LogP contribution in [0, 0.1) is 0 Å². The first kappa shape index (κ1) is 7.24. The standard InChI is InChI=1S/C7H4ClN3O/c8-7(12)5-1-2-11-6(5)3-9-4-10-11/h1-4H. The highest BCUT2D eigenvalue weighted by molar-refractivity contribution is 6.68. The van der Waals surface area contributed by atoms with Gasteiger partial charge in [-0.25, -0.2) is 9.50 Å². The Morgan fingerprint density at radius 2 is 2.42 bits per heavy atom. The zero-order chi connectivity index (χ0) is 8.55. The van der Waals surface area contributed by atoms with Gasteiger partial charge in [0.2, 0.25) is 0 Å². The second-order valence-electron chi connectivity index (χ2n) is 2.24. The van der Waals surface area contributed by atoms with Crippen LogP contribution < -0.4 is 0 Å². The van der Waals surface area contributed by atoms with Crippen molar-refractivity contribution in [1.29, 1.82) is 0 Å². The Hall–Kier alpha value is -1.42. The lowest BCUT2D eigenvalue weighted by molar-refractivity contribution is 0.108. The van der Waals surface area contributed by atoms with Gasteiger partial charge in [0, 0.05) is 6.20 Å². The third kappa shape index (κ3) is 0.967. The van der Waals surface area contributed by atoms with Crippen LogP contribution in [0.2, 0.25) is 0 Å². The Morgan fingerprint density at radius 1 is 1.58 bits per heavy atom. The molecule has 0 amide bonds. The average molecular weight is 182 g/mol. The monoisotopic (exact) mass is 181 g/mol. The van der Waals surface area contributed by atoms with E-state index in [0.717, 1.165) is 0 Å². The van der Waals surface area contributed by atoms with Gasteiger partial charge in [-0.15, -0.1) is 0 Å². The highest BCUT2D eigenvalue weighted by Gasteiger charge is 2.08. The number of aromatic nitrogens is 3. The fourth-order valence-electron chi connectivity index (χ4n) is 1.02. The molecule has 0 saturated heterocycles. The van der Waals surface area contributed by atoms with Gasteiger partial charge in [0.15, 0.2) is 0 Å². The summed E-state index contributed by atoms with van der Waals surface area (Å²) in [5.74, 6) is 0. The molecule has 12 heavy (non-hydrogen) atoms. The molecule has 5 heteroatoms. The summed E-state index contributed by atoms with van der Waals surface area (Å²) >= 11 is 5.32. The zero-order valence-corrected chi connectivity index (χ0v) is 6.69. The number of halogens is 1. The summed E-state index contributed by atoms with van der Waals surface area (Å²) in [6.45, 7) is 0. The lowest BCUT2D eigenvalue weighted by atomic mass is 10.3. The topological polar surface area (TPSA) is 47.3 Å². The Balaban J connectivity index is 2.79. The number of rotatable bonds is 1. The molecule has 2 aromatic rings. The van der Waals surface area contributed by atoms with E-state index in [-0.39, 0.29) is 0 Å². The maximum absolute atomic E-state index is 10.8. The largest absolute Gasteiger partial charge is 0.276 e. The van der Waals surface area contributed by atoms with Crippen LogP contribution in [0.5, 0.6) is 0 Å². The highest BCUT2D eigenvalue weighted by atomic mass is 35.5. The second-order valence-corrected chi connectivity index (χ2v) is 2.59. The van der Waals surface area contributed by atoms with E-state index in [9.17, 15) is 4.79 Å². The lowest BCUT2D eigenvalue weighted by Gasteiger charge is -1.91. The van der Waals surface area contributed by atoms with E-state index in [2.05, 4.69) is 10.1 Å². The molecular weight excluding hydrogens is 178 g/mol. The van der Waals surface area contributed by atoms with Crippen molar-refractivity contribution in [2.24, 2.45) is 0 Å². The second kappa shape index (κ2) is 2.57. The molecule has 4 nitrogen and oxygen atoms in total. The molecular formula is C7H4ClN3O. The van der Waals surface area contributed by atoms with E-state index in [4.69, 9.17) is 11.6 Å². The van der Waals surface area contributed by atoms with Gasteiger partial charge in [-0.05, 0) is 17.7 Å². The summed E-state index contributed by atoms with van der Waals surface area (Å²) in [6, 6.07) is 1.61. The van der Waals surface area contributed by atoms with Crippen LogP contribution in [0.1, 0.15) is 10.4 Å². The number of nitrogens with zero attached hydrogens (tertiary/aromatic N) is 3. The van der Waals surface area contributed by atoms with Crippen LogP contribution in [-0.2, 0) is 0 Å². The van der Waals surface area contributed by atoms with Gasteiger partial charge in [0.25, 0.3) is 5.24 Å². The van der Waals surface area contributed by atoms with Gasteiger partial charge in [-0.3, -0.25) is 4.79 Å². The molecule has 0 radical (unpaired) electrons. The molecule has 0 fully saturated rings. The third-order valence-corrected chi connectivity index (χ3v) is 1.76. The smallest absolute Gasteiger partial charge is 0.254 e. The lowest BCUT2D eigenvalue weighted by Crippen LogP contribution is -1.92. The minimum absolute atomic E-state index is 0.428. The number of carbonyl (C=O) groups excluding carboxylic acids is 1. The molecule has 0 saturated carbocycles. The van der Waals surface area contributed by atoms with E-state index < -0.39 is 5.24 Å². The van der Waals surface area contributed by atoms with Crippen LogP contribution in [-0.4, -0.2) is 19.8 Å². The van der Waals surface area contributed by atoms with Gasteiger partial charge in [0.1, 0.15) is 6.33 Å². The molecule has 0 atom stereocenters. The van der Waals surface area contributed by atoms with Crippen LogP contribution in [0.3, 0.4) is 0 Å². The Morgan fingerprint density at radius 3 is 3.17 bits per heavy atom. The van der Waals surface area contributed by atoms with Crippen molar-refractivity contribution in [2.75, 3.05) is 0 Å². The van der Waals surface area contributed by atoms with E-state index >= 15 is 0 Å². The quantitative estimate of drug-likeness (QED) is 0.620. The maximum Gasteiger partial charge on any atom is 0.254 e. The molecule has 0 aliphatic rings. The van der Waals surface area contributed by atoms with Gasteiger partial charge in [-0.2, -0.15) is 5.10 Å². The average Bonchev–Trinajstić information content (AvgIpc) is 2.47. The van der Waals surface area contributed by atoms with E-state index in [0.29, 0.717) is 11.1 Å². The fourth-order valence-corrected chi connectivity index (χ4v) is 1.18. The maximum atomic E-state index is 10.8. The minimum atomic E-state index is -0.493. The molecule has 0 aliphatic carbocycles. The summed E-state index contributed by atoms with van der Waals surface area (Å²) in [4.78, 5) is 14.6. The molecule has 60 valence electrons. The van der Waals surface area contributed by atoms with Crippen molar-refractivity contribution in [1.82, 2.24) is 14.6 Å². The first-order valence-electron chi connectivity index (χ1n) is 3.26. The van der Waals surface area contributed by atoms with Crippen molar-refractivity contribution >= 4 is 22.4 Å². The van der Waals surface area contributed by atoms with Crippen molar-refractivity contribution in [3.05, 3.63) is 30.4 Å². The van der Waals surface area contributed by atoms with Gasteiger partial charge in [-0.1, -0.05) is 0 Å². The van der Waals surface area contributed by atoms with Crippen LogP contribution in [0.4, 0.5) is 0 Å². The zero-order valence-electron chi connectivity index (χ0n) is 5.94. The predicted molar refractivity (Wildman–Crippen MR) is 43.2 cm³/mol. The van der Waals surface area contributed by atoms with Gasteiger partial charge >= 0.3 is 0 Å². The van der Waals surface area contributed by atoms with Crippen LogP contribution >= 0.6 is 11.6 Å². The number of carbonyl (C=O) groups is 1. The minimum Gasteiger partial charge on any atom is -0.276 e. The molecule has 0 bridgehead atoms. The molecule has 2 aromatic heterocycles. The summed E-state index contributed by atoms with van der Waals surface area (Å²) < 4.78 is 1.54. The van der Waals surface area contributed by atoms with Crippen molar-refractivity contribution < 1.29 is 4.79 Å². The summed E-state index contributed by atoms with van der Waals surface area (Å²) in [7, 11) is 0. The van der Waals surface area contributed by atoms with E-state index in [1.807, 2.05) is 0 Å². The van der Waals surface area contributed by atoms with E-state index in [1.165, 1.54) is 6.33 Å². The molecule has 0 unspecified atom stereocenters. The number of hydrogen-bond acceptors (Lipinski definition) is 3. The summed E-state index contributed by atoms with van der Waals surface area (Å²) in [5, 5.41) is 3.39. The Kier molecular flexibility index (Phi) is 1.55. The number of fused-ring (bicyclic) bond motifs is 1. The molecule has 0 aliphatic heterocycles. The molecule has 0 spiro atoms. The molecule has 0 aromatic carbocycles. The number of hydrogen-bond donors (Lipinski definition) is 0. The van der Waals surface area contributed by atoms with Crippen molar-refractivity contribution in [3.63, 3.8) is 0 Å². The van der Waals surface area contributed by atoms with Crippen molar-refractivity contribution in [2.45, 2.75) is 0 Å². The predicted octanol–water partition coefficient (Wildman–Crippen LogP) is 1.11. The Bertz CT molecular complexity index is 437. The van der Waals surface area contributed by atoms with Gasteiger partial charge < -0.3 is 0 Å². The molecule has 2 rings (SSSR count). The van der Waals surface area contributed by atoms with Gasteiger partial charge in [0.05, 0.1) is 17.3 Å². The van der Waals surface area contributed by atoms with Crippen LogP contribution in [0.25, 0.3) is 5.52 Å². The third-order valence-electron chi connectivity index (χ3n) is 1.56. The SMILES string of the molecule is O=C(Cl)c1ccn2ncncc12. The first-order valence-corrected chi connectivity index (χ1v) is 3.64. The fraction of sp³-hybridized carbons (Fsp3) is 0. The molecule has 0 N–H and O–H groups in total. The Labute approximate surface area is 72.8 Å². The first-order chi connectivity index (χ1) is 5.79. The van der Waals surface area contributed by atoms with Crippen molar-refractivity contribution in [3.8, 4) is 0 Å². The summed E-state index contributed by atoms with van der Waals surface area (Å²) in [5.41, 5.74) is 1.05. The highest BCUT2D eigenvalue weighted by Crippen LogP contribution is 2.11. The molecule has 2 heterocycles.